The fraction of sp³-hybridized carbons (Fsp3) is 0.923. The first-order valence-corrected chi connectivity index (χ1v) is 6.61. The van der Waals surface area contributed by atoms with E-state index < -0.39 is 0 Å². The number of likely N-dealkylation sites (tertiary alicyclic amines) is 1. The predicted molar refractivity (Wildman–Crippen MR) is 86.3 cm³/mol. The maximum absolute atomic E-state index is 4.36. The Bertz CT molecular complexity index is 239. The Balaban J connectivity index is 0.00000256. The fourth-order valence-electron chi connectivity index (χ4n) is 2.79. The standard InChI is InChI=1S/C13H27N3.HI/c1-5-8-13(3)9-7-10-16(11-13)12(14-4)15-6-2;/h5-11H2,1-4H3,(H,14,15);1H. The Kier molecular flexibility index (Phi) is 8.16. The third kappa shape index (κ3) is 5.02. The Labute approximate surface area is 123 Å². The summed E-state index contributed by atoms with van der Waals surface area (Å²) in [5.41, 5.74) is 0.484. The van der Waals surface area contributed by atoms with Gasteiger partial charge in [-0.2, -0.15) is 0 Å². The van der Waals surface area contributed by atoms with Crippen LogP contribution in [-0.2, 0) is 0 Å². The van der Waals surface area contributed by atoms with Gasteiger partial charge in [-0.3, -0.25) is 4.99 Å². The van der Waals surface area contributed by atoms with Crippen LogP contribution >= 0.6 is 24.0 Å². The molecule has 0 aromatic carbocycles. The quantitative estimate of drug-likeness (QED) is 0.480. The van der Waals surface area contributed by atoms with Crippen molar-refractivity contribution in [2.24, 2.45) is 10.4 Å². The zero-order chi connectivity index (χ0) is 12.0. The van der Waals surface area contributed by atoms with Crippen LogP contribution in [0.1, 0.15) is 46.5 Å². The Morgan fingerprint density at radius 2 is 2.12 bits per heavy atom. The summed E-state index contributed by atoms with van der Waals surface area (Å²) in [6, 6.07) is 0. The minimum atomic E-state index is 0. The van der Waals surface area contributed by atoms with E-state index in [1.165, 1.54) is 25.7 Å². The normalized spacial score (nSPS) is 25.4. The van der Waals surface area contributed by atoms with E-state index in [-0.39, 0.29) is 24.0 Å². The van der Waals surface area contributed by atoms with Crippen LogP contribution in [0.25, 0.3) is 0 Å². The van der Waals surface area contributed by atoms with Crippen molar-refractivity contribution in [1.29, 1.82) is 0 Å². The molecule has 1 aliphatic rings. The van der Waals surface area contributed by atoms with Crippen LogP contribution in [0.4, 0.5) is 0 Å². The van der Waals surface area contributed by atoms with Crippen LogP contribution in [0, 0.1) is 5.41 Å². The van der Waals surface area contributed by atoms with Gasteiger partial charge >= 0.3 is 0 Å². The summed E-state index contributed by atoms with van der Waals surface area (Å²) in [7, 11) is 1.88. The van der Waals surface area contributed by atoms with Crippen molar-refractivity contribution < 1.29 is 0 Å². The van der Waals surface area contributed by atoms with Crippen LogP contribution in [0.2, 0.25) is 0 Å². The zero-order valence-corrected chi connectivity index (χ0v) is 14.1. The molecular weight excluding hydrogens is 325 g/mol. The van der Waals surface area contributed by atoms with Gasteiger partial charge in [0.2, 0.25) is 0 Å². The number of hydrogen-bond donors (Lipinski definition) is 1. The average molecular weight is 353 g/mol. The monoisotopic (exact) mass is 353 g/mol. The van der Waals surface area contributed by atoms with E-state index in [2.05, 4.69) is 36.0 Å². The Hall–Kier alpha value is 0. The van der Waals surface area contributed by atoms with E-state index >= 15 is 0 Å². The molecule has 17 heavy (non-hydrogen) atoms. The minimum Gasteiger partial charge on any atom is -0.357 e. The largest absolute Gasteiger partial charge is 0.357 e. The molecule has 1 aliphatic heterocycles. The molecule has 1 fully saturated rings. The lowest BCUT2D eigenvalue weighted by molar-refractivity contribution is 0.143. The third-order valence-electron chi connectivity index (χ3n) is 3.48. The summed E-state index contributed by atoms with van der Waals surface area (Å²) in [4.78, 5) is 6.78. The lowest BCUT2D eigenvalue weighted by Crippen LogP contribution is -2.49. The van der Waals surface area contributed by atoms with Gasteiger partial charge in [0.15, 0.2) is 5.96 Å². The molecule has 0 radical (unpaired) electrons. The number of nitrogens with zero attached hydrogens (tertiary/aromatic N) is 2. The van der Waals surface area contributed by atoms with E-state index in [1.807, 2.05) is 7.05 Å². The van der Waals surface area contributed by atoms with Gasteiger partial charge in [-0.05, 0) is 31.6 Å². The molecule has 4 heteroatoms. The predicted octanol–water partition coefficient (Wildman–Crippen LogP) is 3.10. The van der Waals surface area contributed by atoms with Crippen molar-refractivity contribution in [2.45, 2.75) is 46.5 Å². The lowest BCUT2D eigenvalue weighted by atomic mass is 9.78. The molecule has 1 heterocycles. The molecule has 0 saturated carbocycles. The number of guanidine groups is 1. The summed E-state index contributed by atoms with van der Waals surface area (Å²) >= 11 is 0. The molecule has 0 bridgehead atoms. The first kappa shape index (κ1) is 17.0. The van der Waals surface area contributed by atoms with E-state index in [1.54, 1.807) is 0 Å². The van der Waals surface area contributed by atoms with Crippen molar-refractivity contribution in [3.05, 3.63) is 0 Å². The van der Waals surface area contributed by atoms with E-state index in [9.17, 15) is 0 Å². The highest BCUT2D eigenvalue weighted by atomic mass is 127. The van der Waals surface area contributed by atoms with Crippen LogP contribution in [0.5, 0.6) is 0 Å². The van der Waals surface area contributed by atoms with Crippen molar-refractivity contribution in [3.8, 4) is 0 Å². The topological polar surface area (TPSA) is 27.6 Å². The first-order chi connectivity index (χ1) is 7.65. The molecule has 0 spiro atoms. The van der Waals surface area contributed by atoms with Gasteiger partial charge in [0.05, 0.1) is 0 Å². The van der Waals surface area contributed by atoms with Gasteiger partial charge < -0.3 is 10.2 Å². The van der Waals surface area contributed by atoms with Gasteiger partial charge in [0.25, 0.3) is 0 Å². The SMILES string of the molecule is CCCC1(C)CCCN(C(=NC)NCC)C1.I. The maximum Gasteiger partial charge on any atom is 0.193 e. The van der Waals surface area contributed by atoms with Crippen LogP contribution in [0.3, 0.4) is 0 Å². The second-order valence-electron chi connectivity index (χ2n) is 5.16. The van der Waals surface area contributed by atoms with Crippen LogP contribution < -0.4 is 5.32 Å². The highest BCUT2D eigenvalue weighted by Crippen LogP contribution is 2.33. The Morgan fingerprint density at radius 3 is 2.65 bits per heavy atom. The number of halogens is 1. The van der Waals surface area contributed by atoms with Crippen LogP contribution in [-0.4, -0.2) is 37.5 Å². The summed E-state index contributed by atoms with van der Waals surface area (Å²) in [6.07, 6.45) is 5.26. The van der Waals surface area contributed by atoms with Gasteiger partial charge in [0.1, 0.15) is 0 Å². The molecule has 1 unspecified atom stereocenters. The van der Waals surface area contributed by atoms with E-state index in [4.69, 9.17) is 0 Å². The van der Waals surface area contributed by atoms with Gasteiger partial charge in [-0.25, -0.2) is 0 Å². The molecule has 0 aromatic rings. The van der Waals surface area contributed by atoms with Gasteiger partial charge in [0, 0.05) is 26.7 Å². The number of hydrogen-bond acceptors (Lipinski definition) is 1. The molecule has 0 aliphatic carbocycles. The number of aliphatic imine (C=N–C) groups is 1. The molecule has 0 aromatic heterocycles. The number of rotatable bonds is 3. The van der Waals surface area contributed by atoms with Gasteiger partial charge in [-0.15, -0.1) is 24.0 Å². The molecule has 3 nitrogen and oxygen atoms in total. The molecule has 1 N–H and O–H groups in total. The Morgan fingerprint density at radius 1 is 1.41 bits per heavy atom. The highest BCUT2D eigenvalue weighted by Gasteiger charge is 2.31. The second-order valence-corrected chi connectivity index (χ2v) is 5.16. The zero-order valence-electron chi connectivity index (χ0n) is 11.8. The molecular formula is C13H28IN3. The second kappa shape index (κ2) is 8.16. The summed E-state index contributed by atoms with van der Waals surface area (Å²) < 4.78 is 0. The summed E-state index contributed by atoms with van der Waals surface area (Å²) in [5.74, 6) is 1.07. The van der Waals surface area contributed by atoms with Crippen molar-refractivity contribution in [1.82, 2.24) is 10.2 Å². The van der Waals surface area contributed by atoms with E-state index in [0.717, 1.165) is 25.6 Å². The maximum atomic E-state index is 4.36. The summed E-state index contributed by atoms with van der Waals surface area (Å²) in [5, 5.41) is 3.36. The van der Waals surface area contributed by atoms with Crippen molar-refractivity contribution in [2.75, 3.05) is 26.7 Å². The minimum absolute atomic E-state index is 0. The summed E-state index contributed by atoms with van der Waals surface area (Å²) in [6.45, 7) is 10.1. The highest BCUT2D eigenvalue weighted by molar-refractivity contribution is 14.0. The third-order valence-corrected chi connectivity index (χ3v) is 3.48. The fourth-order valence-corrected chi connectivity index (χ4v) is 2.79. The first-order valence-electron chi connectivity index (χ1n) is 6.61. The van der Waals surface area contributed by atoms with Gasteiger partial charge in [-0.1, -0.05) is 20.3 Å². The van der Waals surface area contributed by atoms with Crippen LogP contribution in [0.15, 0.2) is 4.99 Å². The molecule has 102 valence electrons. The number of nitrogens with one attached hydrogen (secondary N) is 1. The molecule has 1 rings (SSSR count). The van der Waals surface area contributed by atoms with Crippen molar-refractivity contribution in [3.63, 3.8) is 0 Å². The van der Waals surface area contributed by atoms with E-state index in [0.29, 0.717) is 5.41 Å². The number of piperidine rings is 1. The van der Waals surface area contributed by atoms with Crippen molar-refractivity contribution >= 4 is 29.9 Å². The average Bonchev–Trinajstić information content (AvgIpc) is 2.25. The molecule has 1 saturated heterocycles. The smallest absolute Gasteiger partial charge is 0.193 e. The molecule has 1 atom stereocenters. The lowest BCUT2D eigenvalue weighted by Gasteiger charge is -2.41. The molecule has 0 amide bonds.